The van der Waals surface area contributed by atoms with Gasteiger partial charge in [0.25, 0.3) is 0 Å². The van der Waals surface area contributed by atoms with Crippen molar-refractivity contribution >= 4 is 39.7 Å². The number of carbonyl (C=O) groups excluding carboxylic acids is 1. The fourth-order valence-corrected chi connectivity index (χ4v) is 20.0. The van der Waals surface area contributed by atoms with E-state index in [1.807, 2.05) is 0 Å². The van der Waals surface area contributed by atoms with Gasteiger partial charge in [0, 0.05) is 6.17 Å². The highest BCUT2D eigenvalue weighted by Gasteiger charge is 2.44. The van der Waals surface area contributed by atoms with E-state index in [0.29, 0.717) is 6.17 Å². The molecule has 0 heterocycles. The number of hydrogen-bond donors (Lipinski definition) is 3. The lowest BCUT2D eigenvalue weighted by molar-refractivity contribution is -0.123. The first-order chi connectivity index (χ1) is 10.6. The van der Waals surface area contributed by atoms with Crippen LogP contribution in [-0.4, -0.2) is 64.2 Å². The van der Waals surface area contributed by atoms with Gasteiger partial charge in [0.1, 0.15) is 6.61 Å². The summed E-state index contributed by atoms with van der Waals surface area (Å²) in [5, 5.41) is 14.5. The fraction of sp³-hybridized carbons (Fsp3) is 0.923. The van der Waals surface area contributed by atoms with E-state index in [1.54, 1.807) is 0 Å². The number of carbonyl (C=O) groups is 1. The Morgan fingerprint density at radius 1 is 0.875 bits per heavy atom. The Morgan fingerprint density at radius 2 is 1.38 bits per heavy atom. The van der Waals surface area contributed by atoms with Crippen LogP contribution < -0.4 is 10.6 Å². The summed E-state index contributed by atoms with van der Waals surface area (Å²) in [5.41, 5.74) is 0. The Labute approximate surface area is 151 Å². The average Bonchev–Trinajstić information content (AvgIpc) is 2.27. The van der Waals surface area contributed by atoms with Crippen LogP contribution in [0.3, 0.4) is 0 Å². The summed E-state index contributed by atoms with van der Waals surface area (Å²) in [5.74, 6) is -0.408. The zero-order chi connectivity index (χ0) is 19.2. The lowest BCUT2D eigenvalue weighted by Crippen LogP contribution is -2.61. The summed E-state index contributed by atoms with van der Waals surface area (Å²) in [4.78, 5) is 11.1. The SMILES string of the molecule is C[Si](C)(C)O[Si](C)(C)O[Si](C)(CNCNC(=O)CO)O[Si](C)(C)C. The van der Waals surface area contributed by atoms with Gasteiger partial charge in [-0.15, -0.1) is 0 Å². The van der Waals surface area contributed by atoms with Crippen molar-refractivity contribution < 1.29 is 22.2 Å². The summed E-state index contributed by atoms with van der Waals surface area (Å²) >= 11 is 0. The molecule has 1 unspecified atom stereocenters. The van der Waals surface area contributed by atoms with E-state index in [4.69, 9.17) is 17.5 Å². The first kappa shape index (κ1) is 24.1. The van der Waals surface area contributed by atoms with Gasteiger partial charge in [0.05, 0.1) is 6.67 Å². The zero-order valence-electron chi connectivity index (χ0n) is 16.7. The van der Waals surface area contributed by atoms with Crippen molar-refractivity contribution in [3.05, 3.63) is 0 Å². The van der Waals surface area contributed by atoms with Crippen molar-refractivity contribution in [2.75, 3.05) is 19.4 Å². The molecular formula is C13H36N2O5Si4. The molecule has 1 amide bonds. The summed E-state index contributed by atoms with van der Waals surface area (Å²) < 4.78 is 19.2. The van der Waals surface area contributed by atoms with E-state index in [9.17, 15) is 4.79 Å². The van der Waals surface area contributed by atoms with Crippen molar-refractivity contribution in [2.24, 2.45) is 0 Å². The Hall–Kier alpha value is 0.138. The molecule has 0 aliphatic rings. The van der Waals surface area contributed by atoms with Gasteiger partial charge in [-0.05, 0) is 58.9 Å². The number of aliphatic hydroxyl groups excluding tert-OH is 1. The molecule has 0 aromatic rings. The van der Waals surface area contributed by atoms with Crippen molar-refractivity contribution in [3.8, 4) is 0 Å². The third-order valence-electron chi connectivity index (χ3n) is 2.54. The second-order valence-corrected chi connectivity index (χ2v) is 24.7. The predicted octanol–water partition coefficient (Wildman–Crippen LogP) is 1.67. The highest BCUT2D eigenvalue weighted by molar-refractivity contribution is 6.89. The highest BCUT2D eigenvalue weighted by Crippen LogP contribution is 2.23. The van der Waals surface area contributed by atoms with Gasteiger partial charge in [-0.3, -0.25) is 10.1 Å². The molecule has 0 aliphatic heterocycles. The number of nitrogens with one attached hydrogen (secondary N) is 2. The quantitative estimate of drug-likeness (QED) is 0.272. The largest absolute Gasteiger partial charge is 0.437 e. The second kappa shape index (κ2) is 9.18. The molecule has 0 aliphatic carbocycles. The number of hydrogen-bond acceptors (Lipinski definition) is 6. The molecule has 3 N–H and O–H groups in total. The third-order valence-corrected chi connectivity index (χ3v) is 15.7. The van der Waals surface area contributed by atoms with Crippen LogP contribution >= 0.6 is 0 Å². The molecule has 11 heteroatoms. The van der Waals surface area contributed by atoms with Crippen LogP contribution in [-0.2, 0) is 17.1 Å². The first-order valence-corrected chi connectivity index (χ1v) is 20.4. The minimum absolute atomic E-state index is 0.275. The molecule has 0 bridgehead atoms. The van der Waals surface area contributed by atoms with Gasteiger partial charge in [0.2, 0.25) is 5.91 Å². The normalized spacial score (nSPS) is 15.9. The summed E-state index contributed by atoms with van der Waals surface area (Å²) in [6.45, 7) is 18.8. The predicted molar refractivity (Wildman–Crippen MR) is 107 cm³/mol. The van der Waals surface area contributed by atoms with Gasteiger partial charge >= 0.3 is 17.1 Å². The number of aliphatic hydroxyl groups is 1. The van der Waals surface area contributed by atoms with E-state index < -0.39 is 46.3 Å². The molecule has 0 spiro atoms. The van der Waals surface area contributed by atoms with Crippen molar-refractivity contribution in [1.29, 1.82) is 0 Å². The second-order valence-electron chi connectivity index (χ2n) is 8.43. The minimum atomic E-state index is -2.51. The van der Waals surface area contributed by atoms with Crippen LogP contribution in [0.5, 0.6) is 0 Å². The molecule has 0 fully saturated rings. The molecule has 7 nitrogen and oxygen atoms in total. The highest BCUT2D eigenvalue weighted by atomic mass is 28.5. The van der Waals surface area contributed by atoms with Gasteiger partial charge in [0.15, 0.2) is 16.6 Å². The van der Waals surface area contributed by atoms with Crippen LogP contribution in [0.15, 0.2) is 0 Å². The van der Waals surface area contributed by atoms with Crippen molar-refractivity contribution in [2.45, 2.75) is 58.9 Å². The van der Waals surface area contributed by atoms with E-state index in [1.165, 1.54) is 0 Å². The van der Waals surface area contributed by atoms with Gasteiger partial charge in [-0.25, -0.2) is 0 Å². The maximum absolute atomic E-state index is 11.1. The lowest BCUT2D eigenvalue weighted by atomic mass is 10.6. The lowest BCUT2D eigenvalue weighted by Gasteiger charge is -2.41. The summed E-state index contributed by atoms with van der Waals surface area (Å²) in [7, 11) is -8.31. The Balaban J connectivity index is 4.91. The van der Waals surface area contributed by atoms with Crippen LogP contribution in [0.1, 0.15) is 0 Å². The smallest absolute Gasteiger partial charge is 0.330 e. The Morgan fingerprint density at radius 3 is 1.79 bits per heavy atom. The molecular weight excluding hydrogens is 376 g/mol. The molecule has 0 radical (unpaired) electrons. The monoisotopic (exact) mass is 412 g/mol. The van der Waals surface area contributed by atoms with E-state index in [-0.39, 0.29) is 6.67 Å². The minimum Gasteiger partial charge on any atom is -0.437 e. The summed E-state index contributed by atoms with van der Waals surface area (Å²) in [6, 6.07) is 0. The Kier molecular flexibility index (Phi) is 9.24. The third kappa shape index (κ3) is 12.5. The van der Waals surface area contributed by atoms with Gasteiger partial charge in [-0.2, -0.15) is 0 Å². The molecule has 1 atom stereocenters. The molecule has 0 rings (SSSR count). The van der Waals surface area contributed by atoms with Crippen LogP contribution in [0.25, 0.3) is 0 Å². The van der Waals surface area contributed by atoms with Gasteiger partial charge in [-0.1, -0.05) is 0 Å². The molecule has 24 heavy (non-hydrogen) atoms. The standard InChI is InChI=1S/C13H36N2O5Si4/c1-21(2,3)18-23(7,8)20-24(9,19-22(4,5)6)12-14-11-15-13(17)10-16/h14,16H,10-12H2,1-9H3,(H,15,17). The number of amides is 1. The first-order valence-electron chi connectivity index (χ1n) is 8.26. The maximum Gasteiger partial charge on any atom is 0.330 e. The van der Waals surface area contributed by atoms with Gasteiger partial charge < -0.3 is 22.8 Å². The van der Waals surface area contributed by atoms with Crippen molar-refractivity contribution in [3.63, 3.8) is 0 Å². The average molecular weight is 413 g/mol. The topological polar surface area (TPSA) is 89.1 Å². The van der Waals surface area contributed by atoms with Crippen LogP contribution in [0.4, 0.5) is 0 Å². The van der Waals surface area contributed by atoms with E-state index in [2.05, 4.69) is 69.6 Å². The Bertz CT molecular complexity index is 412. The molecule has 0 saturated heterocycles. The fourth-order valence-electron chi connectivity index (χ4n) is 2.53. The van der Waals surface area contributed by atoms with E-state index >= 15 is 0 Å². The van der Waals surface area contributed by atoms with Crippen LogP contribution in [0, 0.1) is 0 Å². The number of rotatable bonds is 11. The van der Waals surface area contributed by atoms with Crippen molar-refractivity contribution in [1.82, 2.24) is 10.6 Å². The molecule has 144 valence electrons. The van der Waals surface area contributed by atoms with Crippen LogP contribution in [0.2, 0.25) is 58.9 Å². The summed E-state index contributed by atoms with van der Waals surface area (Å²) in [6.07, 6.45) is 0.550. The zero-order valence-corrected chi connectivity index (χ0v) is 20.7. The molecule has 0 saturated carbocycles. The molecule has 0 aromatic carbocycles. The van der Waals surface area contributed by atoms with E-state index in [0.717, 1.165) is 0 Å². The maximum atomic E-state index is 11.1. The molecule has 0 aromatic heterocycles.